The van der Waals surface area contributed by atoms with Gasteiger partial charge < -0.3 is 10.8 Å². The van der Waals surface area contributed by atoms with E-state index in [0.29, 0.717) is 11.7 Å². The van der Waals surface area contributed by atoms with E-state index >= 15 is 0 Å². The molecule has 3 nitrogen and oxygen atoms in total. The molecular weight excluding hydrogens is 212 g/mol. The molecule has 1 aromatic rings. The molecule has 0 saturated heterocycles. The number of pyridine rings is 1. The molecule has 1 heterocycles. The van der Waals surface area contributed by atoms with Crippen molar-refractivity contribution in [3.05, 3.63) is 23.4 Å². The van der Waals surface area contributed by atoms with E-state index in [1.165, 1.54) is 12.8 Å². The van der Waals surface area contributed by atoms with E-state index in [2.05, 4.69) is 11.9 Å². The standard InChI is InChI=1S/C14H22N2O/c1-9-3-5-11(6-4-9)13(17)12-10(2)7-8-16-14(12)15/h7-9,11,13,17H,3-6H2,1-2H3,(H2,15,16). The van der Waals surface area contributed by atoms with E-state index < -0.39 is 6.10 Å². The van der Waals surface area contributed by atoms with Crippen LogP contribution in [0.1, 0.15) is 49.8 Å². The number of aryl methyl sites for hydroxylation is 1. The molecule has 0 amide bonds. The average Bonchev–Trinajstić information content (AvgIpc) is 2.29. The molecule has 1 fully saturated rings. The number of nitrogen functional groups attached to an aromatic ring is 1. The van der Waals surface area contributed by atoms with Crippen molar-refractivity contribution >= 4 is 5.82 Å². The number of anilines is 1. The van der Waals surface area contributed by atoms with Crippen LogP contribution in [0.3, 0.4) is 0 Å². The molecule has 1 atom stereocenters. The van der Waals surface area contributed by atoms with Gasteiger partial charge in [-0.1, -0.05) is 19.8 Å². The zero-order chi connectivity index (χ0) is 12.4. The Bertz CT molecular complexity index is 364. The summed E-state index contributed by atoms with van der Waals surface area (Å²) in [4.78, 5) is 4.09. The Morgan fingerprint density at radius 1 is 1.35 bits per heavy atom. The van der Waals surface area contributed by atoms with Gasteiger partial charge in [-0.3, -0.25) is 0 Å². The summed E-state index contributed by atoms with van der Waals surface area (Å²) < 4.78 is 0. The van der Waals surface area contributed by atoms with Crippen LogP contribution in [0.4, 0.5) is 5.82 Å². The van der Waals surface area contributed by atoms with Crippen LogP contribution >= 0.6 is 0 Å². The minimum absolute atomic E-state index is 0.344. The Balaban J connectivity index is 2.16. The third kappa shape index (κ3) is 2.60. The van der Waals surface area contributed by atoms with E-state index in [1.54, 1.807) is 6.20 Å². The van der Waals surface area contributed by atoms with Crippen molar-refractivity contribution in [2.45, 2.75) is 45.6 Å². The first kappa shape index (κ1) is 12.4. The quantitative estimate of drug-likeness (QED) is 0.827. The minimum Gasteiger partial charge on any atom is -0.388 e. The molecule has 1 aromatic heterocycles. The molecule has 17 heavy (non-hydrogen) atoms. The molecule has 94 valence electrons. The largest absolute Gasteiger partial charge is 0.388 e. The molecule has 3 heteroatoms. The zero-order valence-corrected chi connectivity index (χ0v) is 10.7. The summed E-state index contributed by atoms with van der Waals surface area (Å²) in [6.07, 6.45) is 5.86. The number of aliphatic hydroxyl groups is 1. The third-order valence-electron chi connectivity index (χ3n) is 4.04. The van der Waals surface area contributed by atoms with Gasteiger partial charge in [-0.2, -0.15) is 0 Å². The number of rotatable bonds is 2. The van der Waals surface area contributed by atoms with Crippen molar-refractivity contribution in [3.63, 3.8) is 0 Å². The molecule has 1 aliphatic carbocycles. The van der Waals surface area contributed by atoms with Crippen molar-refractivity contribution in [2.75, 3.05) is 5.73 Å². The summed E-state index contributed by atoms with van der Waals surface area (Å²) in [6.45, 7) is 4.27. The molecule has 0 spiro atoms. The van der Waals surface area contributed by atoms with Gasteiger partial charge in [0.1, 0.15) is 5.82 Å². The summed E-state index contributed by atoms with van der Waals surface area (Å²) in [5.41, 5.74) is 7.77. The second kappa shape index (κ2) is 5.05. The van der Waals surface area contributed by atoms with Gasteiger partial charge in [0, 0.05) is 11.8 Å². The predicted octanol–water partition coefficient (Wildman–Crippen LogP) is 2.83. The third-order valence-corrected chi connectivity index (χ3v) is 4.04. The summed E-state index contributed by atoms with van der Waals surface area (Å²) in [6, 6.07) is 1.92. The Morgan fingerprint density at radius 2 is 2.00 bits per heavy atom. The normalized spacial score (nSPS) is 26.8. The fraction of sp³-hybridized carbons (Fsp3) is 0.643. The number of aromatic nitrogens is 1. The van der Waals surface area contributed by atoms with Gasteiger partial charge in [0.15, 0.2) is 0 Å². The van der Waals surface area contributed by atoms with E-state index in [9.17, 15) is 5.11 Å². The lowest BCUT2D eigenvalue weighted by Gasteiger charge is -2.30. The van der Waals surface area contributed by atoms with Gasteiger partial charge in [0.25, 0.3) is 0 Å². The Labute approximate surface area is 103 Å². The monoisotopic (exact) mass is 234 g/mol. The summed E-state index contributed by atoms with van der Waals surface area (Å²) >= 11 is 0. The first-order valence-corrected chi connectivity index (χ1v) is 6.48. The van der Waals surface area contributed by atoms with Crippen LogP contribution in [0.5, 0.6) is 0 Å². The van der Waals surface area contributed by atoms with Crippen molar-refractivity contribution < 1.29 is 5.11 Å². The molecule has 0 aromatic carbocycles. The highest BCUT2D eigenvalue weighted by Gasteiger charge is 2.28. The first-order chi connectivity index (χ1) is 8.09. The maximum absolute atomic E-state index is 10.5. The van der Waals surface area contributed by atoms with Crippen LogP contribution in [-0.4, -0.2) is 10.1 Å². The fourth-order valence-corrected chi connectivity index (χ4v) is 2.81. The highest BCUT2D eigenvalue weighted by molar-refractivity contribution is 5.45. The van der Waals surface area contributed by atoms with E-state index in [0.717, 1.165) is 29.9 Å². The Hall–Kier alpha value is -1.09. The lowest BCUT2D eigenvalue weighted by Crippen LogP contribution is -2.21. The van der Waals surface area contributed by atoms with Crippen molar-refractivity contribution in [1.82, 2.24) is 4.98 Å². The van der Waals surface area contributed by atoms with Crippen LogP contribution < -0.4 is 5.73 Å². The molecule has 0 bridgehead atoms. The Kier molecular flexibility index (Phi) is 3.67. The number of nitrogens with two attached hydrogens (primary N) is 1. The lowest BCUT2D eigenvalue weighted by molar-refractivity contribution is 0.0754. The SMILES string of the molecule is Cc1ccnc(N)c1C(O)C1CCC(C)CC1. The molecule has 0 radical (unpaired) electrons. The zero-order valence-electron chi connectivity index (χ0n) is 10.7. The Morgan fingerprint density at radius 3 is 2.59 bits per heavy atom. The van der Waals surface area contributed by atoms with Crippen LogP contribution in [0.25, 0.3) is 0 Å². The van der Waals surface area contributed by atoms with Gasteiger partial charge >= 0.3 is 0 Å². The minimum atomic E-state index is -0.448. The molecular formula is C14H22N2O. The van der Waals surface area contributed by atoms with Gasteiger partial charge in [-0.15, -0.1) is 0 Å². The number of aliphatic hydroxyl groups excluding tert-OH is 1. The lowest BCUT2D eigenvalue weighted by atomic mass is 9.78. The number of hydrogen-bond acceptors (Lipinski definition) is 3. The molecule has 3 N–H and O–H groups in total. The highest BCUT2D eigenvalue weighted by atomic mass is 16.3. The van der Waals surface area contributed by atoms with Gasteiger partial charge in [-0.05, 0) is 43.2 Å². The van der Waals surface area contributed by atoms with Crippen molar-refractivity contribution in [1.29, 1.82) is 0 Å². The van der Waals surface area contributed by atoms with Crippen LogP contribution in [0.15, 0.2) is 12.3 Å². The summed E-state index contributed by atoms with van der Waals surface area (Å²) in [7, 11) is 0. The van der Waals surface area contributed by atoms with Crippen LogP contribution in [-0.2, 0) is 0 Å². The van der Waals surface area contributed by atoms with Gasteiger partial charge in [0.05, 0.1) is 6.10 Å². The summed E-state index contributed by atoms with van der Waals surface area (Å²) in [5, 5.41) is 10.5. The molecule has 1 saturated carbocycles. The van der Waals surface area contributed by atoms with Gasteiger partial charge in [-0.25, -0.2) is 4.98 Å². The second-order valence-corrected chi connectivity index (χ2v) is 5.39. The van der Waals surface area contributed by atoms with Crippen LogP contribution in [0.2, 0.25) is 0 Å². The molecule has 1 unspecified atom stereocenters. The molecule has 2 rings (SSSR count). The van der Waals surface area contributed by atoms with Crippen LogP contribution in [0, 0.1) is 18.8 Å². The number of hydrogen-bond donors (Lipinski definition) is 2. The number of nitrogens with zero attached hydrogens (tertiary/aromatic N) is 1. The maximum Gasteiger partial charge on any atom is 0.129 e. The topological polar surface area (TPSA) is 59.1 Å². The molecule has 0 aliphatic heterocycles. The smallest absolute Gasteiger partial charge is 0.129 e. The summed E-state index contributed by atoms with van der Waals surface area (Å²) in [5.74, 6) is 1.62. The highest BCUT2D eigenvalue weighted by Crippen LogP contribution is 2.38. The van der Waals surface area contributed by atoms with Gasteiger partial charge in [0.2, 0.25) is 0 Å². The van der Waals surface area contributed by atoms with Crippen molar-refractivity contribution in [2.24, 2.45) is 11.8 Å². The average molecular weight is 234 g/mol. The maximum atomic E-state index is 10.5. The van der Waals surface area contributed by atoms with E-state index in [1.807, 2.05) is 13.0 Å². The molecule has 1 aliphatic rings. The van der Waals surface area contributed by atoms with Crippen molar-refractivity contribution in [3.8, 4) is 0 Å². The fourth-order valence-electron chi connectivity index (χ4n) is 2.81. The van der Waals surface area contributed by atoms with E-state index in [-0.39, 0.29) is 0 Å². The predicted molar refractivity (Wildman–Crippen MR) is 69.5 cm³/mol. The van der Waals surface area contributed by atoms with E-state index in [4.69, 9.17) is 5.73 Å². The first-order valence-electron chi connectivity index (χ1n) is 6.48. The second-order valence-electron chi connectivity index (χ2n) is 5.39.